The Bertz CT molecular complexity index is 981. The van der Waals surface area contributed by atoms with Crippen LogP contribution in [0.25, 0.3) is 11.4 Å². The molecule has 0 spiro atoms. The monoisotopic (exact) mass is 331 g/mol. The highest BCUT2D eigenvalue weighted by Gasteiger charge is 2.25. The Morgan fingerprint density at radius 2 is 1.68 bits per heavy atom. The average Bonchev–Trinajstić information content (AvgIpc) is 3.06. The maximum Gasteiger partial charge on any atom is 0.264 e. The van der Waals surface area contributed by atoms with Gasteiger partial charge >= 0.3 is 0 Å². The van der Waals surface area contributed by atoms with Gasteiger partial charge in [0.15, 0.2) is 0 Å². The molecule has 124 valence electrons. The van der Waals surface area contributed by atoms with Crippen molar-refractivity contribution < 1.29 is 4.79 Å². The van der Waals surface area contributed by atoms with Crippen LogP contribution in [0.15, 0.2) is 59.5 Å². The van der Waals surface area contributed by atoms with Crippen molar-refractivity contribution in [1.29, 1.82) is 0 Å². The second-order valence-corrected chi connectivity index (χ2v) is 6.27. The van der Waals surface area contributed by atoms with E-state index < -0.39 is 5.56 Å². The molecule has 0 radical (unpaired) electrons. The van der Waals surface area contributed by atoms with Crippen molar-refractivity contribution in [2.45, 2.75) is 20.0 Å². The number of aromatic amines is 1. The summed E-state index contributed by atoms with van der Waals surface area (Å²) in [5, 5.41) is 0. The quantitative estimate of drug-likeness (QED) is 0.785. The van der Waals surface area contributed by atoms with Crippen molar-refractivity contribution in [3.8, 4) is 11.4 Å². The van der Waals surface area contributed by atoms with Crippen LogP contribution >= 0.6 is 0 Å². The van der Waals surface area contributed by atoms with Gasteiger partial charge in [0.05, 0.1) is 0 Å². The Labute approximate surface area is 145 Å². The minimum Gasteiger partial charge on any atom is -0.330 e. The fourth-order valence-corrected chi connectivity index (χ4v) is 3.05. The van der Waals surface area contributed by atoms with Gasteiger partial charge in [0.25, 0.3) is 11.5 Å². The van der Waals surface area contributed by atoms with Gasteiger partial charge in [-0.15, -0.1) is 0 Å². The molecule has 0 fully saturated rings. The first-order valence-corrected chi connectivity index (χ1v) is 8.14. The lowest BCUT2D eigenvalue weighted by Crippen LogP contribution is -2.31. The number of carbonyl (C=O) groups is 1. The van der Waals surface area contributed by atoms with Crippen LogP contribution in [-0.2, 0) is 13.1 Å². The van der Waals surface area contributed by atoms with Crippen molar-refractivity contribution >= 4 is 5.91 Å². The number of benzene rings is 2. The lowest BCUT2D eigenvalue weighted by atomic mass is 10.1. The zero-order chi connectivity index (χ0) is 17.4. The van der Waals surface area contributed by atoms with E-state index in [-0.39, 0.29) is 11.5 Å². The summed E-state index contributed by atoms with van der Waals surface area (Å²) in [7, 11) is 0. The van der Waals surface area contributed by atoms with Crippen LogP contribution in [0.2, 0.25) is 0 Å². The topological polar surface area (TPSA) is 66.1 Å². The van der Waals surface area contributed by atoms with Crippen LogP contribution in [0, 0.1) is 6.92 Å². The summed E-state index contributed by atoms with van der Waals surface area (Å²) >= 11 is 0. The summed E-state index contributed by atoms with van der Waals surface area (Å²) < 4.78 is 0. The fraction of sp³-hybridized carbons (Fsp3) is 0.150. The molecule has 0 saturated carbocycles. The van der Waals surface area contributed by atoms with E-state index in [1.807, 2.05) is 55.5 Å². The van der Waals surface area contributed by atoms with Crippen LogP contribution in [0.5, 0.6) is 0 Å². The van der Waals surface area contributed by atoms with Crippen molar-refractivity contribution in [3.63, 3.8) is 0 Å². The van der Waals surface area contributed by atoms with Gasteiger partial charge in [-0.05, 0) is 18.1 Å². The number of rotatable bonds is 2. The number of amides is 1. The molecule has 1 amide bonds. The van der Waals surface area contributed by atoms with Crippen LogP contribution in [-0.4, -0.2) is 20.8 Å². The van der Waals surface area contributed by atoms with Crippen LogP contribution in [0.3, 0.4) is 0 Å². The first-order valence-electron chi connectivity index (χ1n) is 8.14. The normalized spacial score (nSPS) is 12.9. The van der Waals surface area contributed by atoms with Gasteiger partial charge in [-0.25, -0.2) is 4.98 Å². The largest absolute Gasteiger partial charge is 0.330 e. The van der Waals surface area contributed by atoms with Gasteiger partial charge in [0.2, 0.25) is 0 Å². The zero-order valence-corrected chi connectivity index (χ0v) is 13.8. The molecule has 0 saturated heterocycles. The van der Waals surface area contributed by atoms with Crippen molar-refractivity contribution in [2.75, 3.05) is 0 Å². The molecule has 0 unspecified atom stereocenters. The molecule has 0 bridgehead atoms. The molecule has 5 heteroatoms. The van der Waals surface area contributed by atoms with Gasteiger partial charge in [-0.1, -0.05) is 54.1 Å². The summed E-state index contributed by atoms with van der Waals surface area (Å²) in [4.78, 5) is 33.8. The molecule has 1 N–H and O–H groups in total. The van der Waals surface area contributed by atoms with Gasteiger partial charge in [0, 0.05) is 24.8 Å². The van der Waals surface area contributed by atoms with E-state index >= 15 is 0 Å². The van der Waals surface area contributed by atoms with Crippen LogP contribution < -0.4 is 5.56 Å². The number of H-pyrrole nitrogens is 1. The number of aromatic nitrogens is 2. The summed E-state index contributed by atoms with van der Waals surface area (Å²) in [6, 6.07) is 15.6. The fourth-order valence-electron chi connectivity index (χ4n) is 3.05. The summed E-state index contributed by atoms with van der Waals surface area (Å²) in [6.07, 6.45) is 1.37. The molecule has 25 heavy (non-hydrogen) atoms. The van der Waals surface area contributed by atoms with E-state index in [1.54, 1.807) is 4.90 Å². The number of hydrogen-bond donors (Lipinski definition) is 1. The number of hydrogen-bond acceptors (Lipinski definition) is 3. The molecule has 1 aliphatic rings. The van der Waals surface area contributed by atoms with E-state index in [0.717, 1.165) is 22.3 Å². The third kappa shape index (κ3) is 2.85. The number of fused-ring (bicyclic) bond motifs is 1. The van der Waals surface area contributed by atoms with Gasteiger partial charge in [-0.2, -0.15) is 0 Å². The lowest BCUT2D eigenvalue weighted by Gasteiger charge is -2.14. The molecule has 2 aromatic carbocycles. The minimum absolute atomic E-state index is 0.0728. The third-order valence-electron chi connectivity index (χ3n) is 4.48. The Hall–Kier alpha value is -3.21. The Balaban J connectivity index is 1.60. The predicted molar refractivity (Wildman–Crippen MR) is 95.1 cm³/mol. The lowest BCUT2D eigenvalue weighted by molar-refractivity contribution is 0.0749. The van der Waals surface area contributed by atoms with Crippen molar-refractivity contribution in [2.24, 2.45) is 0 Å². The van der Waals surface area contributed by atoms with Crippen LogP contribution in [0.4, 0.5) is 0 Å². The first-order chi connectivity index (χ1) is 12.1. The highest BCUT2D eigenvalue weighted by Crippen LogP contribution is 2.23. The molecule has 0 atom stereocenters. The number of nitrogens with one attached hydrogen (secondary N) is 1. The van der Waals surface area contributed by atoms with Gasteiger partial charge < -0.3 is 9.88 Å². The molecule has 5 nitrogen and oxygen atoms in total. The molecular formula is C20H17N3O2. The van der Waals surface area contributed by atoms with Crippen molar-refractivity contribution in [1.82, 2.24) is 14.9 Å². The molecular weight excluding hydrogens is 314 g/mol. The minimum atomic E-state index is -0.411. The number of carbonyl (C=O) groups excluding carboxylic acids is 1. The summed E-state index contributed by atoms with van der Waals surface area (Å²) in [6.45, 7) is 3.04. The molecule has 3 aromatic rings. The van der Waals surface area contributed by atoms with E-state index in [2.05, 4.69) is 9.97 Å². The van der Waals surface area contributed by atoms with Crippen molar-refractivity contribution in [3.05, 3.63) is 87.3 Å². The Morgan fingerprint density at radius 3 is 2.28 bits per heavy atom. The molecule has 4 rings (SSSR count). The smallest absolute Gasteiger partial charge is 0.264 e. The van der Waals surface area contributed by atoms with E-state index in [4.69, 9.17) is 0 Å². The second-order valence-electron chi connectivity index (χ2n) is 6.27. The molecule has 2 heterocycles. The Kier molecular flexibility index (Phi) is 3.69. The second kappa shape index (κ2) is 6.02. The molecule has 0 aliphatic carbocycles. The average molecular weight is 331 g/mol. The zero-order valence-electron chi connectivity index (χ0n) is 13.8. The molecule has 1 aromatic heterocycles. The van der Waals surface area contributed by atoms with Crippen LogP contribution in [0.1, 0.15) is 27.0 Å². The first kappa shape index (κ1) is 15.3. The highest BCUT2D eigenvalue weighted by molar-refractivity contribution is 5.94. The maximum atomic E-state index is 12.7. The van der Waals surface area contributed by atoms with E-state index in [0.29, 0.717) is 18.9 Å². The standard InChI is InChI=1S/C20H17N3O2/c1-13-6-8-14(9-7-13)18-21-10-17(19(24)22-18)20(25)23-11-15-4-2-3-5-16(15)12-23/h2-10H,11-12H2,1H3,(H,21,22,24). The number of aryl methyl sites for hydroxylation is 1. The van der Waals surface area contributed by atoms with Gasteiger partial charge in [-0.3, -0.25) is 9.59 Å². The summed E-state index contributed by atoms with van der Waals surface area (Å²) in [5.74, 6) is 0.173. The van der Waals surface area contributed by atoms with E-state index in [9.17, 15) is 9.59 Å². The van der Waals surface area contributed by atoms with Gasteiger partial charge in [0.1, 0.15) is 11.4 Å². The Morgan fingerprint density at radius 1 is 1.04 bits per heavy atom. The van der Waals surface area contributed by atoms with E-state index in [1.165, 1.54) is 6.20 Å². The molecule has 1 aliphatic heterocycles. The highest BCUT2D eigenvalue weighted by atomic mass is 16.2. The number of nitrogens with zero attached hydrogens (tertiary/aromatic N) is 2. The SMILES string of the molecule is Cc1ccc(-c2ncc(C(=O)N3Cc4ccccc4C3)c(=O)[nH]2)cc1. The summed E-state index contributed by atoms with van der Waals surface area (Å²) in [5.41, 5.74) is 3.85. The third-order valence-corrected chi connectivity index (χ3v) is 4.48. The maximum absolute atomic E-state index is 12.7. The predicted octanol–water partition coefficient (Wildman–Crippen LogP) is 2.90.